The van der Waals surface area contributed by atoms with Gasteiger partial charge in [0.15, 0.2) is 0 Å². The Labute approximate surface area is 128 Å². The molecule has 0 unspecified atom stereocenters. The summed E-state index contributed by atoms with van der Waals surface area (Å²) in [5, 5.41) is 0. The maximum Gasteiger partial charge on any atom is -0.0221 e. The van der Waals surface area contributed by atoms with Crippen LogP contribution in [0, 0.1) is 0 Å². The maximum absolute atomic E-state index is 2.31. The van der Waals surface area contributed by atoms with Gasteiger partial charge in [-0.25, -0.2) is 0 Å². The first-order chi connectivity index (χ1) is 10.3. The zero-order valence-corrected chi connectivity index (χ0v) is 13.2. The van der Waals surface area contributed by atoms with Crippen molar-refractivity contribution in [3.8, 4) is 0 Å². The van der Waals surface area contributed by atoms with Crippen molar-refractivity contribution in [2.45, 2.75) is 46.0 Å². The molecule has 0 radical (unpaired) electrons. The van der Waals surface area contributed by atoms with Crippen LogP contribution in [0.15, 0.2) is 48.5 Å². The largest absolute Gasteiger partial charge is 0.0613 e. The quantitative estimate of drug-likeness (QED) is 0.640. The fourth-order valence-corrected chi connectivity index (χ4v) is 3.43. The molecule has 4 aliphatic carbocycles. The minimum atomic E-state index is 1.09. The van der Waals surface area contributed by atoms with E-state index in [2.05, 4.69) is 62.4 Å². The highest BCUT2D eigenvalue weighted by Gasteiger charge is 2.10. The molecule has 4 aliphatic rings. The number of hydrogen-bond acceptors (Lipinski definition) is 0. The number of hydrogen-bond donors (Lipinski definition) is 0. The first kappa shape index (κ1) is 14.1. The zero-order chi connectivity index (χ0) is 14.7. The Bertz CT molecular complexity index is 569. The Morgan fingerprint density at radius 3 is 1.33 bits per heavy atom. The Balaban J connectivity index is 2.19. The highest BCUT2D eigenvalue weighted by atomic mass is 14.1. The van der Waals surface area contributed by atoms with Gasteiger partial charge in [-0.2, -0.15) is 0 Å². The van der Waals surface area contributed by atoms with Gasteiger partial charge >= 0.3 is 0 Å². The van der Waals surface area contributed by atoms with Crippen LogP contribution in [0.1, 0.15) is 55.4 Å². The van der Waals surface area contributed by atoms with E-state index < -0.39 is 0 Å². The van der Waals surface area contributed by atoms with E-state index in [-0.39, 0.29) is 0 Å². The molecule has 108 valence electrons. The van der Waals surface area contributed by atoms with Crippen molar-refractivity contribution >= 4 is 11.1 Å². The van der Waals surface area contributed by atoms with Crippen molar-refractivity contribution in [1.29, 1.82) is 0 Å². The van der Waals surface area contributed by atoms with Gasteiger partial charge in [-0.15, -0.1) is 0 Å². The highest BCUT2D eigenvalue weighted by Crippen LogP contribution is 2.32. The van der Waals surface area contributed by atoms with Gasteiger partial charge in [0.2, 0.25) is 0 Å². The smallest absolute Gasteiger partial charge is 0.0221 e. The minimum Gasteiger partial charge on any atom is -0.0613 e. The molecule has 2 aromatic carbocycles. The predicted molar refractivity (Wildman–Crippen MR) is 92.3 cm³/mol. The van der Waals surface area contributed by atoms with Gasteiger partial charge in [0.05, 0.1) is 0 Å². The summed E-state index contributed by atoms with van der Waals surface area (Å²) < 4.78 is 0. The van der Waals surface area contributed by atoms with E-state index in [1.165, 1.54) is 52.7 Å². The van der Waals surface area contributed by atoms with Gasteiger partial charge in [-0.05, 0) is 65.5 Å². The summed E-state index contributed by atoms with van der Waals surface area (Å²) in [6.07, 6.45) is 5.75. The topological polar surface area (TPSA) is 0 Å². The fourth-order valence-electron chi connectivity index (χ4n) is 3.43. The summed E-state index contributed by atoms with van der Waals surface area (Å²) in [6.45, 7) is 4.54. The second-order valence-electron chi connectivity index (χ2n) is 5.91. The first-order valence-corrected chi connectivity index (χ1v) is 8.22. The lowest BCUT2D eigenvalue weighted by Gasteiger charge is -2.14. The average Bonchev–Trinajstić information content (AvgIpc) is 2.57. The third-order valence-electron chi connectivity index (χ3n) is 4.61. The van der Waals surface area contributed by atoms with Crippen LogP contribution in [0.3, 0.4) is 0 Å². The van der Waals surface area contributed by atoms with E-state index in [1.807, 2.05) is 0 Å². The van der Waals surface area contributed by atoms with Gasteiger partial charge in [0, 0.05) is 0 Å². The van der Waals surface area contributed by atoms with Crippen LogP contribution in [0.25, 0.3) is 11.1 Å². The molecular weight excluding hydrogens is 252 g/mol. The Kier molecular flexibility index (Phi) is 4.24. The van der Waals surface area contributed by atoms with Crippen molar-refractivity contribution < 1.29 is 0 Å². The molecule has 0 N–H and O–H groups in total. The zero-order valence-electron chi connectivity index (χ0n) is 13.2. The van der Waals surface area contributed by atoms with E-state index in [0.29, 0.717) is 0 Å². The van der Waals surface area contributed by atoms with Crippen LogP contribution in [0.4, 0.5) is 0 Å². The molecule has 0 aliphatic heterocycles. The standard InChI is InChI=1S/C21H24/c1-3-20-18-12-8-16(9-13-18)6-5-7-17-10-14-19(15-11-17)21(20)4-2/h8-15H,3-7H2,1-2H3/b21-20-. The maximum atomic E-state index is 2.31. The molecular formula is C21H24. The summed E-state index contributed by atoms with van der Waals surface area (Å²) >= 11 is 0. The summed E-state index contributed by atoms with van der Waals surface area (Å²) in [6, 6.07) is 18.5. The third-order valence-corrected chi connectivity index (χ3v) is 4.61. The summed E-state index contributed by atoms with van der Waals surface area (Å²) in [7, 11) is 0. The molecule has 6 rings (SSSR count). The van der Waals surface area contributed by atoms with E-state index in [9.17, 15) is 0 Å². The first-order valence-electron chi connectivity index (χ1n) is 8.22. The van der Waals surface area contributed by atoms with Crippen LogP contribution >= 0.6 is 0 Å². The molecule has 0 spiro atoms. The molecule has 21 heavy (non-hydrogen) atoms. The average molecular weight is 276 g/mol. The van der Waals surface area contributed by atoms with Crippen LogP contribution in [0.2, 0.25) is 0 Å². The third kappa shape index (κ3) is 2.95. The van der Waals surface area contributed by atoms with Crippen molar-refractivity contribution in [2.24, 2.45) is 0 Å². The van der Waals surface area contributed by atoms with Crippen molar-refractivity contribution in [3.63, 3.8) is 0 Å². The predicted octanol–water partition coefficient (Wildman–Crippen LogP) is 5.91. The van der Waals surface area contributed by atoms with E-state index in [4.69, 9.17) is 0 Å². The van der Waals surface area contributed by atoms with E-state index in [0.717, 1.165) is 12.8 Å². The van der Waals surface area contributed by atoms with Gasteiger partial charge in [-0.1, -0.05) is 62.4 Å². The van der Waals surface area contributed by atoms with E-state index >= 15 is 0 Å². The van der Waals surface area contributed by atoms with Gasteiger partial charge in [0.1, 0.15) is 0 Å². The van der Waals surface area contributed by atoms with Gasteiger partial charge < -0.3 is 0 Å². The summed E-state index contributed by atoms with van der Waals surface area (Å²) in [5.74, 6) is 0. The number of benzene rings is 2. The normalized spacial score (nSPS) is 18.2. The SMILES string of the molecule is CC/C1=C(\CC)c2ccc(cc2)CCCc2ccc1cc2. The van der Waals surface area contributed by atoms with E-state index in [1.54, 1.807) is 0 Å². The monoisotopic (exact) mass is 276 g/mol. The summed E-state index contributed by atoms with van der Waals surface area (Å²) in [5.41, 5.74) is 8.69. The highest BCUT2D eigenvalue weighted by molar-refractivity contribution is 5.90. The van der Waals surface area contributed by atoms with Gasteiger partial charge in [-0.3, -0.25) is 0 Å². The Morgan fingerprint density at radius 1 is 0.619 bits per heavy atom. The lowest BCUT2D eigenvalue weighted by Crippen LogP contribution is -1.92. The molecule has 4 bridgehead atoms. The second kappa shape index (κ2) is 6.30. The molecule has 0 nitrogen and oxygen atoms in total. The molecule has 0 aromatic heterocycles. The number of aryl methyl sites for hydroxylation is 2. The van der Waals surface area contributed by atoms with Crippen LogP contribution < -0.4 is 0 Å². The van der Waals surface area contributed by atoms with Crippen molar-refractivity contribution in [2.75, 3.05) is 0 Å². The molecule has 0 saturated carbocycles. The number of allylic oxidation sites excluding steroid dienone is 2. The molecule has 0 atom stereocenters. The fraction of sp³-hybridized carbons (Fsp3) is 0.333. The Morgan fingerprint density at radius 2 is 1.00 bits per heavy atom. The van der Waals surface area contributed by atoms with Crippen molar-refractivity contribution in [3.05, 3.63) is 70.8 Å². The second-order valence-corrected chi connectivity index (χ2v) is 5.91. The molecule has 0 amide bonds. The molecule has 0 fully saturated rings. The van der Waals surface area contributed by atoms with Crippen LogP contribution in [-0.4, -0.2) is 0 Å². The lowest BCUT2D eigenvalue weighted by molar-refractivity contribution is 0.820. The van der Waals surface area contributed by atoms with Crippen LogP contribution in [0.5, 0.6) is 0 Å². The van der Waals surface area contributed by atoms with Crippen molar-refractivity contribution in [1.82, 2.24) is 0 Å². The summed E-state index contributed by atoms with van der Waals surface area (Å²) in [4.78, 5) is 0. The van der Waals surface area contributed by atoms with Crippen LogP contribution in [-0.2, 0) is 12.8 Å². The Hall–Kier alpha value is -1.82. The molecule has 0 heteroatoms. The molecule has 0 saturated heterocycles. The van der Waals surface area contributed by atoms with Gasteiger partial charge in [0.25, 0.3) is 0 Å². The lowest BCUT2D eigenvalue weighted by atomic mass is 9.90. The number of rotatable bonds is 2. The minimum absolute atomic E-state index is 1.09. The molecule has 0 heterocycles. The molecule has 2 aromatic rings.